The van der Waals surface area contributed by atoms with Crippen LogP contribution in [0.1, 0.15) is 36.3 Å². The lowest BCUT2D eigenvalue weighted by Gasteiger charge is -2.12. The van der Waals surface area contributed by atoms with Gasteiger partial charge in [0.15, 0.2) is 0 Å². The summed E-state index contributed by atoms with van der Waals surface area (Å²) in [6.45, 7) is 1.70. The molecule has 0 unspecified atom stereocenters. The molecular weight excluding hydrogens is 198 g/mol. The smallest absolute Gasteiger partial charge is 0.122 e. The average Bonchev–Trinajstić information content (AvgIpc) is 3.11. The van der Waals surface area contributed by atoms with E-state index in [1.54, 1.807) is 0 Å². The second-order valence-corrected chi connectivity index (χ2v) is 4.97. The fourth-order valence-electron chi connectivity index (χ4n) is 2.81. The summed E-state index contributed by atoms with van der Waals surface area (Å²) < 4.78 is 5.80. The topological polar surface area (TPSA) is 35.2 Å². The predicted molar refractivity (Wildman–Crippen MR) is 64.8 cm³/mol. The van der Waals surface area contributed by atoms with Gasteiger partial charge in [0.25, 0.3) is 0 Å². The van der Waals surface area contributed by atoms with Gasteiger partial charge in [-0.1, -0.05) is 12.1 Å². The van der Waals surface area contributed by atoms with Gasteiger partial charge in [0.1, 0.15) is 5.75 Å². The van der Waals surface area contributed by atoms with Crippen molar-refractivity contribution in [3.05, 3.63) is 29.3 Å². The van der Waals surface area contributed by atoms with E-state index in [1.165, 1.54) is 36.8 Å². The highest BCUT2D eigenvalue weighted by molar-refractivity contribution is 5.44. The molecule has 1 aliphatic carbocycles. The highest BCUT2D eigenvalue weighted by atomic mass is 16.5. The Balaban J connectivity index is 1.93. The zero-order valence-corrected chi connectivity index (χ0v) is 9.61. The number of hydrogen-bond donors (Lipinski definition) is 1. The molecule has 1 heterocycles. The van der Waals surface area contributed by atoms with E-state index in [4.69, 9.17) is 10.5 Å². The molecule has 0 bridgehead atoms. The Labute approximate surface area is 96.8 Å². The first-order valence-electron chi connectivity index (χ1n) is 6.35. The predicted octanol–water partition coefficient (Wildman–Crippen LogP) is 2.46. The number of fused-ring (bicyclic) bond motifs is 1. The van der Waals surface area contributed by atoms with Gasteiger partial charge < -0.3 is 10.5 Å². The van der Waals surface area contributed by atoms with Crippen molar-refractivity contribution in [3.63, 3.8) is 0 Å². The summed E-state index contributed by atoms with van der Waals surface area (Å²) in [4.78, 5) is 0. The fraction of sp³-hybridized carbons (Fsp3) is 0.571. The minimum atomic E-state index is 0.710. The van der Waals surface area contributed by atoms with E-state index < -0.39 is 0 Å². The van der Waals surface area contributed by atoms with Crippen LogP contribution in [0.5, 0.6) is 5.75 Å². The van der Waals surface area contributed by atoms with E-state index in [2.05, 4.69) is 18.2 Å². The highest BCUT2D eigenvalue weighted by Crippen LogP contribution is 2.49. The highest BCUT2D eigenvalue weighted by Gasteiger charge is 2.38. The minimum Gasteiger partial charge on any atom is -0.493 e. The molecule has 2 aliphatic rings. The first-order chi connectivity index (χ1) is 7.90. The Morgan fingerprint density at radius 1 is 1.31 bits per heavy atom. The van der Waals surface area contributed by atoms with Crippen molar-refractivity contribution < 1.29 is 4.74 Å². The number of ether oxygens (including phenoxy) is 1. The van der Waals surface area contributed by atoms with Crippen molar-refractivity contribution in [1.29, 1.82) is 0 Å². The summed E-state index contributed by atoms with van der Waals surface area (Å²) in [6.07, 6.45) is 4.88. The molecule has 1 aromatic rings. The molecule has 0 radical (unpaired) electrons. The van der Waals surface area contributed by atoms with E-state index in [9.17, 15) is 0 Å². The number of hydrogen-bond acceptors (Lipinski definition) is 2. The van der Waals surface area contributed by atoms with Crippen LogP contribution in [-0.4, -0.2) is 13.2 Å². The summed E-state index contributed by atoms with van der Waals surface area (Å²) in [5.74, 6) is 2.55. The van der Waals surface area contributed by atoms with Crippen LogP contribution >= 0.6 is 0 Å². The Morgan fingerprint density at radius 2 is 2.25 bits per heavy atom. The van der Waals surface area contributed by atoms with Gasteiger partial charge in [0.2, 0.25) is 0 Å². The average molecular weight is 217 g/mol. The third kappa shape index (κ3) is 1.71. The second-order valence-electron chi connectivity index (χ2n) is 4.97. The lowest BCUT2D eigenvalue weighted by molar-refractivity contribution is 0.316. The normalized spacial score (nSPS) is 27.8. The lowest BCUT2D eigenvalue weighted by Crippen LogP contribution is -2.03. The fourth-order valence-corrected chi connectivity index (χ4v) is 2.81. The molecule has 0 saturated heterocycles. The zero-order valence-electron chi connectivity index (χ0n) is 9.61. The van der Waals surface area contributed by atoms with Crippen molar-refractivity contribution in [2.24, 2.45) is 11.7 Å². The molecule has 0 amide bonds. The van der Waals surface area contributed by atoms with E-state index >= 15 is 0 Å². The summed E-state index contributed by atoms with van der Waals surface area (Å²) in [6, 6.07) is 6.52. The van der Waals surface area contributed by atoms with Gasteiger partial charge in [-0.25, -0.2) is 0 Å². The molecule has 2 heteroatoms. The van der Waals surface area contributed by atoms with E-state index in [0.717, 1.165) is 24.8 Å². The summed E-state index contributed by atoms with van der Waals surface area (Å²) in [5.41, 5.74) is 8.71. The van der Waals surface area contributed by atoms with E-state index in [1.807, 2.05) is 0 Å². The minimum absolute atomic E-state index is 0.710. The zero-order chi connectivity index (χ0) is 11.0. The summed E-state index contributed by atoms with van der Waals surface area (Å²) in [7, 11) is 0. The third-order valence-electron chi connectivity index (χ3n) is 3.87. The van der Waals surface area contributed by atoms with Gasteiger partial charge in [-0.3, -0.25) is 0 Å². The Bertz CT molecular complexity index is 388. The van der Waals surface area contributed by atoms with Crippen LogP contribution in [0.2, 0.25) is 0 Å². The SMILES string of the molecule is NC[C@@H]1C[C@H]1c1cccc2c1CCCCO2. The van der Waals surface area contributed by atoms with Crippen LogP contribution in [-0.2, 0) is 6.42 Å². The maximum absolute atomic E-state index is 5.80. The third-order valence-corrected chi connectivity index (χ3v) is 3.87. The van der Waals surface area contributed by atoms with Crippen LogP contribution in [0.3, 0.4) is 0 Å². The number of rotatable bonds is 2. The molecule has 1 saturated carbocycles. The number of nitrogens with two attached hydrogens (primary N) is 1. The Kier molecular flexibility index (Phi) is 2.60. The molecule has 1 aliphatic heterocycles. The maximum Gasteiger partial charge on any atom is 0.122 e. The van der Waals surface area contributed by atoms with Gasteiger partial charge in [-0.2, -0.15) is 0 Å². The summed E-state index contributed by atoms with van der Waals surface area (Å²) in [5, 5.41) is 0. The lowest BCUT2D eigenvalue weighted by atomic mass is 9.97. The van der Waals surface area contributed by atoms with Crippen LogP contribution < -0.4 is 10.5 Å². The molecule has 0 spiro atoms. The number of benzene rings is 1. The summed E-state index contributed by atoms with van der Waals surface area (Å²) >= 11 is 0. The van der Waals surface area contributed by atoms with E-state index in [0.29, 0.717) is 5.92 Å². The van der Waals surface area contributed by atoms with Crippen molar-refractivity contribution >= 4 is 0 Å². The van der Waals surface area contributed by atoms with Crippen molar-refractivity contribution in [1.82, 2.24) is 0 Å². The molecule has 1 fully saturated rings. The van der Waals surface area contributed by atoms with Gasteiger partial charge in [0.05, 0.1) is 6.61 Å². The van der Waals surface area contributed by atoms with Crippen LogP contribution in [0, 0.1) is 5.92 Å². The standard InChI is InChI=1S/C14H19NO/c15-9-10-8-13(10)11-5-3-6-14-12(11)4-1-2-7-16-14/h3,5-6,10,13H,1-2,4,7-9,15H2/t10-,13+/m0/s1. The Morgan fingerprint density at radius 3 is 3.06 bits per heavy atom. The molecule has 2 atom stereocenters. The molecule has 0 aromatic heterocycles. The van der Waals surface area contributed by atoms with Crippen LogP contribution in [0.4, 0.5) is 0 Å². The molecule has 16 heavy (non-hydrogen) atoms. The quantitative estimate of drug-likeness (QED) is 0.826. The largest absolute Gasteiger partial charge is 0.493 e. The Hall–Kier alpha value is -1.02. The van der Waals surface area contributed by atoms with Crippen molar-refractivity contribution in [3.8, 4) is 5.75 Å². The molecule has 1 aromatic carbocycles. The van der Waals surface area contributed by atoms with Gasteiger partial charge in [-0.15, -0.1) is 0 Å². The molecule has 2 nitrogen and oxygen atoms in total. The molecular formula is C14H19NO. The van der Waals surface area contributed by atoms with Crippen molar-refractivity contribution in [2.45, 2.75) is 31.6 Å². The van der Waals surface area contributed by atoms with Gasteiger partial charge in [0, 0.05) is 0 Å². The molecule has 3 rings (SSSR count). The second kappa shape index (κ2) is 4.10. The van der Waals surface area contributed by atoms with Gasteiger partial charge >= 0.3 is 0 Å². The van der Waals surface area contributed by atoms with E-state index in [-0.39, 0.29) is 0 Å². The monoisotopic (exact) mass is 217 g/mol. The van der Waals surface area contributed by atoms with Crippen LogP contribution in [0.15, 0.2) is 18.2 Å². The molecule has 2 N–H and O–H groups in total. The van der Waals surface area contributed by atoms with Crippen LogP contribution in [0.25, 0.3) is 0 Å². The first-order valence-corrected chi connectivity index (χ1v) is 6.35. The van der Waals surface area contributed by atoms with Crippen molar-refractivity contribution in [2.75, 3.05) is 13.2 Å². The molecule has 86 valence electrons. The maximum atomic E-state index is 5.80. The first kappa shape index (κ1) is 10.2. The van der Waals surface area contributed by atoms with Gasteiger partial charge in [-0.05, 0) is 61.3 Å².